The van der Waals surface area contributed by atoms with E-state index < -0.39 is 0 Å². The molecule has 1 heteroatoms. The predicted molar refractivity (Wildman–Crippen MR) is 54.7 cm³/mol. The van der Waals surface area contributed by atoms with E-state index in [1.54, 1.807) is 6.92 Å². The molecule has 0 N–H and O–H groups in total. The lowest BCUT2D eigenvalue weighted by molar-refractivity contribution is -0.117. The smallest absolute Gasteiger partial charge is 0.141 e. The summed E-state index contributed by atoms with van der Waals surface area (Å²) in [7, 11) is 0. The highest BCUT2D eigenvalue weighted by Gasteiger charge is 2.11. The minimum Gasteiger partial charge on any atom is -0.299 e. The highest BCUT2D eigenvalue weighted by atomic mass is 16.1. The second-order valence-electron chi connectivity index (χ2n) is 3.02. The van der Waals surface area contributed by atoms with E-state index in [4.69, 9.17) is 0 Å². The third-order valence-corrected chi connectivity index (χ3v) is 1.98. The van der Waals surface area contributed by atoms with Gasteiger partial charge in [-0.1, -0.05) is 42.5 Å². The van der Waals surface area contributed by atoms with Crippen molar-refractivity contribution < 1.29 is 4.79 Å². The molecule has 0 aliphatic carbocycles. The zero-order valence-corrected chi connectivity index (χ0v) is 8.03. The molecule has 1 rings (SSSR count). The van der Waals surface area contributed by atoms with E-state index in [2.05, 4.69) is 0 Å². The van der Waals surface area contributed by atoms with E-state index >= 15 is 0 Å². The summed E-state index contributed by atoms with van der Waals surface area (Å²) in [6, 6.07) is 9.82. The number of hydrogen-bond donors (Lipinski definition) is 0. The first-order valence-electron chi connectivity index (χ1n) is 4.44. The summed E-state index contributed by atoms with van der Waals surface area (Å²) in [5.74, 6) is 0.107. The molecule has 0 heterocycles. The van der Waals surface area contributed by atoms with Crippen LogP contribution in [0.5, 0.6) is 0 Å². The maximum absolute atomic E-state index is 11.3. The third kappa shape index (κ3) is 2.55. The van der Waals surface area contributed by atoms with Crippen molar-refractivity contribution in [3.8, 4) is 0 Å². The standard InChI is InChI=1S/C12H14O/c1-3-7-12(10(2)13)11-8-5-4-6-9-11/h3-9,12H,1-2H3. The number of carbonyl (C=O) groups is 1. The Labute approximate surface area is 79.1 Å². The average molecular weight is 174 g/mol. The van der Waals surface area contributed by atoms with Gasteiger partial charge in [0.25, 0.3) is 0 Å². The molecule has 1 unspecified atom stereocenters. The van der Waals surface area contributed by atoms with Crippen LogP contribution in [-0.2, 0) is 4.79 Å². The Kier molecular flexibility index (Phi) is 3.44. The molecule has 0 bridgehead atoms. The quantitative estimate of drug-likeness (QED) is 0.644. The zero-order valence-electron chi connectivity index (χ0n) is 8.03. The lowest BCUT2D eigenvalue weighted by atomic mass is 9.95. The first-order valence-corrected chi connectivity index (χ1v) is 4.44. The third-order valence-electron chi connectivity index (χ3n) is 1.98. The first-order chi connectivity index (χ1) is 6.25. The molecule has 0 aliphatic heterocycles. The van der Waals surface area contributed by atoms with E-state index in [0.29, 0.717) is 0 Å². The highest BCUT2D eigenvalue weighted by Crippen LogP contribution is 2.17. The van der Waals surface area contributed by atoms with E-state index in [9.17, 15) is 4.79 Å². The van der Waals surface area contributed by atoms with Gasteiger partial charge in [0.2, 0.25) is 0 Å². The molecular weight excluding hydrogens is 160 g/mol. The number of benzene rings is 1. The molecule has 0 fully saturated rings. The van der Waals surface area contributed by atoms with Crippen molar-refractivity contribution in [2.75, 3.05) is 0 Å². The summed E-state index contributed by atoms with van der Waals surface area (Å²) in [6.07, 6.45) is 3.84. The molecule has 1 atom stereocenters. The molecule has 0 saturated carbocycles. The molecule has 1 nitrogen and oxygen atoms in total. The molecule has 0 aliphatic rings. The summed E-state index contributed by atoms with van der Waals surface area (Å²) in [5, 5.41) is 0. The van der Waals surface area contributed by atoms with Crippen LogP contribution in [-0.4, -0.2) is 5.78 Å². The minimum absolute atomic E-state index is 0.0776. The largest absolute Gasteiger partial charge is 0.299 e. The summed E-state index contributed by atoms with van der Waals surface area (Å²) in [6.45, 7) is 3.55. The Hall–Kier alpha value is -1.37. The van der Waals surface area contributed by atoms with E-state index in [0.717, 1.165) is 5.56 Å². The van der Waals surface area contributed by atoms with Crippen LogP contribution >= 0.6 is 0 Å². The van der Waals surface area contributed by atoms with E-state index in [-0.39, 0.29) is 11.7 Å². The second kappa shape index (κ2) is 4.61. The monoisotopic (exact) mass is 174 g/mol. The molecule has 0 aromatic heterocycles. The van der Waals surface area contributed by atoms with Gasteiger partial charge in [0, 0.05) is 0 Å². The molecule has 0 amide bonds. The lowest BCUT2D eigenvalue weighted by Gasteiger charge is -2.08. The number of carbonyl (C=O) groups excluding carboxylic acids is 1. The fourth-order valence-corrected chi connectivity index (χ4v) is 1.33. The van der Waals surface area contributed by atoms with Gasteiger partial charge in [-0.2, -0.15) is 0 Å². The topological polar surface area (TPSA) is 17.1 Å². The molecule has 0 radical (unpaired) electrons. The van der Waals surface area contributed by atoms with Gasteiger partial charge in [0.15, 0.2) is 0 Å². The van der Waals surface area contributed by atoms with Crippen molar-refractivity contribution in [3.63, 3.8) is 0 Å². The summed E-state index contributed by atoms with van der Waals surface area (Å²) >= 11 is 0. The first kappa shape index (κ1) is 9.72. The van der Waals surface area contributed by atoms with Crippen LogP contribution in [0.4, 0.5) is 0 Å². The van der Waals surface area contributed by atoms with Crippen LogP contribution in [0.3, 0.4) is 0 Å². The Morgan fingerprint density at radius 3 is 2.38 bits per heavy atom. The number of ketones is 1. The molecule has 1 aromatic rings. The summed E-state index contributed by atoms with van der Waals surface area (Å²) in [5.41, 5.74) is 1.06. The second-order valence-corrected chi connectivity index (χ2v) is 3.02. The number of allylic oxidation sites excluding steroid dienone is 2. The lowest BCUT2D eigenvalue weighted by Crippen LogP contribution is -2.05. The van der Waals surface area contributed by atoms with Gasteiger partial charge in [-0.3, -0.25) is 4.79 Å². The maximum atomic E-state index is 11.3. The van der Waals surface area contributed by atoms with Gasteiger partial charge in [-0.15, -0.1) is 0 Å². The van der Waals surface area contributed by atoms with Crippen molar-refractivity contribution >= 4 is 5.78 Å². The predicted octanol–water partition coefficient (Wildman–Crippen LogP) is 2.94. The maximum Gasteiger partial charge on any atom is 0.141 e. The van der Waals surface area contributed by atoms with Crippen molar-refractivity contribution in [2.45, 2.75) is 19.8 Å². The van der Waals surface area contributed by atoms with Gasteiger partial charge >= 0.3 is 0 Å². The van der Waals surface area contributed by atoms with Crippen LogP contribution < -0.4 is 0 Å². The van der Waals surface area contributed by atoms with Gasteiger partial charge in [-0.25, -0.2) is 0 Å². The SMILES string of the molecule is CC=CC(C(C)=O)c1ccccc1. The highest BCUT2D eigenvalue weighted by molar-refractivity contribution is 5.85. The van der Waals surface area contributed by atoms with Crippen LogP contribution in [0.1, 0.15) is 25.3 Å². The van der Waals surface area contributed by atoms with E-state index in [1.165, 1.54) is 0 Å². The number of rotatable bonds is 3. The number of Topliss-reactive ketones (excluding diaryl/α,β-unsaturated/α-hetero) is 1. The van der Waals surface area contributed by atoms with Crippen LogP contribution in [0.2, 0.25) is 0 Å². The molecule has 0 saturated heterocycles. The van der Waals surface area contributed by atoms with Gasteiger partial charge in [-0.05, 0) is 19.4 Å². The van der Waals surface area contributed by atoms with Gasteiger partial charge < -0.3 is 0 Å². The zero-order chi connectivity index (χ0) is 9.68. The summed E-state index contributed by atoms with van der Waals surface area (Å²) < 4.78 is 0. The van der Waals surface area contributed by atoms with Crippen LogP contribution in [0.25, 0.3) is 0 Å². The molecule has 13 heavy (non-hydrogen) atoms. The molecular formula is C12H14O. The normalized spacial score (nSPS) is 13.1. The Morgan fingerprint density at radius 2 is 1.92 bits per heavy atom. The van der Waals surface area contributed by atoms with Gasteiger partial charge in [0.05, 0.1) is 5.92 Å². The van der Waals surface area contributed by atoms with Crippen molar-refractivity contribution in [1.82, 2.24) is 0 Å². The van der Waals surface area contributed by atoms with E-state index in [1.807, 2.05) is 49.4 Å². The van der Waals surface area contributed by atoms with Gasteiger partial charge in [0.1, 0.15) is 5.78 Å². The van der Waals surface area contributed by atoms with Crippen molar-refractivity contribution in [2.24, 2.45) is 0 Å². The fraction of sp³-hybridized carbons (Fsp3) is 0.250. The summed E-state index contributed by atoms with van der Waals surface area (Å²) in [4.78, 5) is 11.3. The van der Waals surface area contributed by atoms with Crippen LogP contribution in [0, 0.1) is 0 Å². The Bertz CT molecular complexity index is 298. The van der Waals surface area contributed by atoms with Crippen molar-refractivity contribution in [1.29, 1.82) is 0 Å². The fourth-order valence-electron chi connectivity index (χ4n) is 1.33. The van der Waals surface area contributed by atoms with Crippen LogP contribution in [0.15, 0.2) is 42.5 Å². The number of hydrogen-bond acceptors (Lipinski definition) is 1. The minimum atomic E-state index is -0.0776. The van der Waals surface area contributed by atoms with Crippen molar-refractivity contribution in [3.05, 3.63) is 48.0 Å². The molecule has 68 valence electrons. The average Bonchev–Trinajstić information content (AvgIpc) is 2.15. The molecule has 1 aromatic carbocycles. The Balaban J connectivity index is 2.96. The molecule has 0 spiro atoms. The Morgan fingerprint density at radius 1 is 1.31 bits per heavy atom.